The van der Waals surface area contributed by atoms with Crippen LogP contribution in [0.25, 0.3) is 22.5 Å². The molecule has 10 heteroatoms. The van der Waals surface area contributed by atoms with Gasteiger partial charge in [-0.1, -0.05) is 93.5 Å². The highest BCUT2D eigenvalue weighted by Crippen LogP contribution is 2.34. The Morgan fingerprint density at radius 1 is 0.915 bits per heavy atom. The van der Waals surface area contributed by atoms with E-state index in [1.165, 1.54) is 17.7 Å². The Kier molecular flexibility index (Phi) is 11.1. The molecule has 1 aromatic heterocycles. The summed E-state index contributed by atoms with van der Waals surface area (Å²) >= 11 is 6.04. The number of nitrogens with zero attached hydrogens (tertiary/aromatic N) is 1. The average molecular weight is 677 g/mol. The number of hydrogen-bond donors (Lipinski definition) is 2. The van der Waals surface area contributed by atoms with Crippen molar-refractivity contribution in [2.75, 3.05) is 12.3 Å². The second-order valence-electron chi connectivity index (χ2n) is 12.2. The molecule has 0 aliphatic rings. The molecule has 0 radical (unpaired) electrons. The van der Waals surface area contributed by atoms with Gasteiger partial charge in [0.1, 0.15) is 5.82 Å². The Labute approximate surface area is 280 Å². The molecule has 0 bridgehead atoms. The maximum atomic E-state index is 14.8. The summed E-state index contributed by atoms with van der Waals surface area (Å²) in [6, 6.07) is 29.1. The molecule has 5 rings (SSSR count). The zero-order valence-electron chi connectivity index (χ0n) is 25.6. The van der Waals surface area contributed by atoms with E-state index < -0.39 is 27.6 Å². The zero-order valence-corrected chi connectivity index (χ0v) is 27.2. The topological polar surface area (TPSA) is 110 Å². The fraction of sp³-hybridized carbons (Fsp3) is 0.243. The van der Waals surface area contributed by atoms with Gasteiger partial charge in [-0.15, -0.1) is 0 Å². The molecule has 0 saturated heterocycles. The standard InChI is InChI=1S/C36H34ClFN2O5S.CH4/c1-36(2,3)29-12-8-25(9-13-29)32(18-23-4-6-26(7-5-23)35(41)39-16-17-46(42,43)44)33-22-34(45-40-33)28-19-27(20-31(38)21-28)24-10-14-30(37)15-11-24;/h4-15,19-22,32H,16-18H2,1-3H3,(H,39,41)(H,42,43,44);1H4. The van der Waals surface area contributed by atoms with Crippen LogP contribution in [0.15, 0.2) is 102 Å². The Morgan fingerprint density at radius 3 is 2.17 bits per heavy atom. The molecule has 1 amide bonds. The zero-order chi connectivity index (χ0) is 33.1. The minimum Gasteiger partial charge on any atom is -0.356 e. The van der Waals surface area contributed by atoms with Crippen molar-refractivity contribution in [2.24, 2.45) is 0 Å². The molecule has 1 heterocycles. The lowest BCUT2D eigenvalue weighted by Crippen LogP contribution is -2.28. The van der Waals surface area contributed by atoms with Crippen LogP contribution in [0.5, 0.6) is 0 Å². The van der Waals surface area contributed by atoms with Gasteiger partial charge in [0.25, 0.3) is 16.0 Å². The first-order chi connectivity index (χ1) is 21.7. The van der Waals surface area contributed by atoms with Crippen molar-refractivity contribution in [1.29, 1.82) is 0 Å². The van der Waals surface area contributed by atoms with Crippen molar-refractivity contribution in [2.45, 2.75) is 46.0 Å². The van der Waals surface area contributed by atoms with E-state index in [0.29, 0.717) is 39.6 Å². The van der Waals surface area contributed by atoms with Crippen LogP contribution in [0.2, 0.25) is 5.02 Å². The average Bonchev–Trinajstić information content (AvgIpc) is 3.49. The van der Waals surface area contributed by atoms with Gasteiger partial charge in [-0.3, -0.25) is 9.35 Å². The number of amides is 1. The van der Waals surface area contributed by atoms with E-state index in [0.717, 1.165) is 16.7 Å². The Morgan fingerprint density at radius 2 is 1.55 bits per heavy atom. The van der Waals surface area contributed by atoms with Gasteiger partial charge in [-0.05, 0) is 82.1 Å². The molecule has 0 aliphatic carbocycles. The molecule has 0 saturated carbocycles. The van der Waals surface area contributed by atoms with Gasteiger partial charge in [-0.2, -0.15) is 8.42 Å². The van der Waals surface area contributed by atoms with E-state index in [2.05, 4.69) is 55.5 Å². The maximum Gasteiger partial charge on any atom is 0.266 e. The number of rotatable bonds is 10. The van der Waals surface area contributed by atoms with Crippen molar-refractivity contribution in [1.82, 2.24) is 10.5 Å². The summed E-state index contributed by atoms with van der Waals surface area (Å²) in [4.78, 5) is 12.5. The molecular weight excluding hydrogens is 639 g/mol. The van der Waals surface area contributed by atoms with Crippen LogP contribution in [-0.4, -0.2) is 36.3 Å². The second-order valence-corrected chi connectivity index (χ2v) is 14.2. The predicted molar refractivity (Wildman–Crippen MR) is 185 cm³/mol. The highest BCUT2D eigenvalue weighted by atomic mass is 35.5. The van der Waals surface area contributed by atoms with Crippen LogP contribution in [0.1, 0.15) is 66.9 Å². The SMILES string of the molecule is C.CC(C)(C)c1ccc(C(Cc2ccc(C(=O)NCCS(=O)(=O)O)cc2)c2cc(-c3cc(F)cc(-c4ccc(Cl)cc4)c3)on2)cc1. The van der Waals surface area contributed by atoms with E-state index in [9.17, 15) is 17.6 Å². The first-order valence-electron chi connectivity index (χ1n) is 14.7. The molecule has 1 unspecified atom stereocenters. The molecular formula is C37H38ClFN2O5S. The fourth-order valence-corrected chi connectivity index (χ4v) is 5.65. The third-order valence-electron chi connectivity index (χ3n) is 7.73. The van der Waals surface area contributed by atoms with Gasteiger partial charge < -0.3 is 9.84 Å². The molecule has 0 fully saturated rings. The van der Waals surface area contributed by atoms with Gasteiger partial charge in [0.2, 0.25) is 0 Å². The van der Waals surface area contributed by atoms with E-state index in [-0.39, 0.29) is 25.3 Å². The number of aromatic nitrogens is 1. The third-order valence-corrected chi connectivity index (χ3v) is 8.70. The van der Waals surface area contributed by atoms with Crippen LogP contribution in [0.4, 0.5) is 4.39 Å². The lowest BCUT2D eigenvalue weighted by molar-refractivity contribution is 0.0956. The Hall–Kier alpha value is -4.31. The van der Waals surface area contributed by atoms with Crippen LogP contribution >= 0.6 is 11.6 Å². The van der Waals surface area contributed by atoms with Crippen molar-refractivity contribution in [3.05, 3.63) is 136 Å². The number of carbonyl (C=O) groups excluding carboxylic acids is 1. The Bertz CT molecular complexity index is 1930. The highest BCUT2D eigenvalue weighted by Gasteiger charge is 2.22. The van der Waals surface area contributed by atoms with E-state index in [1.807, 2.05) is 36.4 Å². The van der Waals surface area contributed by atoms with Crippen LogP contribution in [-0.2, 0) is 22.0 Å². The number of hydrogen-bond acceptors (Lipinski definition) is 5. The van der Waals surface area contributed by atoms with Crippen LogP contribution < -0.4 is 5.32 Å². The molecule has 1 atom stereocenters. The first kappa shape index (κ1) is 35.5. The second kappa shape index (κ2) is 14.6. The molecule has 4 aromatic carbocycles. The van der Waals surface area contributed by atoms with Gasteiger partial charge in [0.15, 0.2) is 5.76 Å². The summed E-state index contributed by atoms with van der Waals surface area (Å²) in [7, 11) is -4.17. The molecule has 2 N–H and O–H groups in total. The molecule has 0 aliphatic heterocycles. The van der Waals surface area contributed by atoms with E-state index in [4.69, 9.17) is 20.7 Å². The van der Waals surface area contributed by atoms with E-state index >= 15 is 0 Å². The van der Waals surface area contributed by atoms with Crippen molar-refractivity contribution in [3.8, 4) is 22.5 Å². The lowest BCUT2D eigenvalue weighted by atomic mass is 9.83. The Balaban J connectivity index is 0.00000500. The van der Waals surface area contributed by atoms with Crippen molar-refractivity contribution in [3.63, 3.8) is 0 Å². The summed E-state index contributed by atoms with van der Waals surface area (Å²) in [5.74, 6) is -1.21. The van der Waals surface area contributed by atoms with Crippen LogP contribution in [0.3, 0.4) is 0 Å². The molecule has 7 nitrogen and oxygen atoms in total. The summed E-state index contributed by atoms with van der Waals surface area (Å²) in [6.07, 6.45) is 0.532. The number of carbonyl (C=O) groups is 1. The summed E-state index contributed by atoms with van der Waals surface area (Å²) < 4.78 is 51.4. The molecule has 5 aromatic rings. The smallest absolute Gasteiger partial charge is 0.266 e. The molecule has 246 valence electrons. The minimum atomic E-state index is -4.17. The quantitative estimate of drug-likeness (QED) is 0.143. The first-order valence-corrected chi connectivity index (χ1v) is 16.7. The van der Waals surface area contributed by atoms with E-state index in [1.54, 1.807) is 24.3 Å². The van der Waals surface area contributed by atoms with Crippen molar-refractivity contribution >= 4 is 27.6 Å². The predicted octanol–water partition coefficient (Wildman–Crippen LogP) is 8.73. The lowest BCUT2D eigenvalue weighted by Gasteiger charge is -2.21. The summed E-state index contributed by atoms with van der Waals surface area (Å²) in [6.45, 7) is 6.26. The van der Waals surface area contributed by atoms with Gasteiger partial charge in [-0.25, -0.2) is 4.39 Å². The van der Waals surface area contributed by atoms with Gasteiger partial charge in [0.05, 0.1) is 11.4 Å². The number of nitrogens with one attached hydrogen (secondary N) is 1. The van der Waals surface area contributed by atoms with Crippen LogP contribution in [0, 0.1) is 5.82 Å². The third kappa shape index (κ3) is 9.38. The largest absolute Gasteiger partial charge is 0.356 e. The van der Waals surface area contributed by atoms with Gasteiger partial charge >= 0.3 is 0 Å². The molecule has 47 heavy (non-hydrogen) atoms. The minimum absolute atomic E-state index is 0. The number of benzene rings is 4. The van der Waals surface area contributed by atoms with Gasteiger partial charge in [0, 0.05) is 34.7 Å². The molecule has 0 spiro atoms. The summed E-state index contributed by atoms with van der Waals surface area (Å²) in [5, 5.41) is 7.51. The monoisotopic (exact) mass is 676 g/mol. The fourth-order valence-electron chi connectivity index (χ4n) is 5.16. The maximum absolute atomic E-state index is 14.8. The highest BCUT2D eigenvalue weighted by molar-refractivity contribution is 7.85. The normalized spacial score (nSPS) is 12.3. The summed E-state index contributed by atoms with van der Waals surface area (Å²) in [5.41, 5.74) is 6.19. The van der Waals surface area contributed by atoms with Crippen molar-refractivity contribution < 1.29 is 26.7 Å². The number of halogens is 2.